The SMILES string of the molecule is COCCn1c(SC(C)C)nc2ccc(Br)cc2c1=O. The normalized spacial score (nSPS) is 11.4. The summed E-state index contributed by atoms with van der Waals surface area (Å²) in [5.41, 5.74) is 0.714. The van der Waals surface area contributed by atoms with Crippen molar-refractivity contribution in [3.05, 3.63) is 33.0 Å². The smallest absolute Gasteiger partial charge is 0.262 e. The Bertz CT molecular complexity index is 670. The standard InChI is InChI=1S/C14H17BrN2O2S/c1-9(2)20-14-16-12-5-4-10(15)8-11(12)13(18)17(14)6-7-19-3/h4-5,8-9H,6-7H2,1-3H3. The number of hydrogen-bond acceptors (Lipinski definition) is 4. The fraction of sp³-hybridized carbons (Fsp3) is 0.429. The van der Waals surface area contributed by atoms with Gasteiger partial charge in [-0.2, -0.15) is 0 Å². The fourth-order valence-corrected chi connectivity index (χ4v) is 3.09. The van der Waals surface area contributed by atoms with E-state index < -0.39 is 0 Å². The molecule has 0 unspecified atom stereocenters. The topological polar surface area (TPSA) is 44.1 Å². The molecule has 0 spiro atoms. The highest BCUT2D eigenvalue weighted by molar-refractivity contribution is 9.10. The second-order valence-electron chi connectivity index (χ2n) is 4.67. The van der Waals surface area contributed by atoms with Crippen molar-refractivity contribution in [2.24, 2.45) is 0 Å². The highest BCUT2D eigenvalue weighted by atomic mass is 79.9. The highest BCUT2D eigenvalue weighted by Crippen LogP contribution is 2.23. The third-order valence-corrected chi connectivity index (χ3v) is 4.23. The van der Waals surface area contributed by atoms with Gasteiger partial charge in [-0.05, 0) is 18.2 Å². The van der Waals surface area contributed by atoms with Gasteiger partial charge in [0.2, 0.25) is 0 Å². The molecule has 0 aliphatic carbocycles. The first-order valence-corrected chi connectivity index (χ1v) is 8.06. The van der Waals surface area contributed by atoms with E-state index in [2.05, 4.69) is 34.8 Å². The Morgan fingerprint density at radius 2 is 2.20 bits per heavy atom. The quantitative estimate of drug-likeness (QED) is 0.608. The Morgan fingerprint density at radius 1 is 1.45 bits per heavy atom. The van der Waals surface area contributed by atoms with Crippen LogP contribution in [0.4, 0.5) is 0 Å². The molecule has 20 heavy (non-hydrogen) atoms. The van der Waals surface area contributed by atoms with Crippen LogP contribution in [0, 0.1) is 0 Å². The predicted octanol–water partition coefficient (Wildman–Crippen LogP) is 3.31. The first-order valence-electron chi connectivity index (χ1n) is 6.38. The second kappa shape index (κ2) is 6.74. The maximum atomic E-state index is 12.6. The monoisotopic (exact) mass is 356 g/mol. The van der Waals surface area contributed by atoms with Crippen molar-refractivity contribution in [2.45, 2.75) is 30.8 Å². The number of fused-ring (bicyclic) bond motifs is 1. The zero-order valence-electron chi connectivity index (χ0n) is 11.7. The molecule has 1 aromatic heterocycles. The van der Waals surface area contributed by atoms with Gasteiger partial charge in [0.05, 0.1) is 24.1 Å². The molecule has 0 N–H and O–H groups in total. The molecular weight excluding hydrogens is 340 g/mol. The van der Waals surface area contributed by atoms with E-state index in [0.717, 1.165) is 15.1 Å². The molecule has 108 valence electrons. The number of methoxy groups -OCH3 is 1. The lowest BCUT2D eigenvalue weighted by Gasteiger charge is -2.14. The van der Waals surface area contributed by atoms with Gasteiger partial charge in [0, 0.05) is 16.8 Å². The van der Waals surface area contributed by atoms with Crippen LogP contribution < -0.4 is 5.56 Å². The molecule has 1 aromatic carbocycles. The Hall–Kier alpha value is -0.850. The fourth-order valence-electron chi connectivity index (χ4n) is 1.85. The summed E-state index contributed by atoms with van der Waals surface area (Å²) < 4.78 is 7.67. The van der Waals surface area contributed by atoms with Crippen molar-refractivity contribution in [1.82, 2.24) is 9.55 Å². The van der Waals surface area contributed by atoms with Crippen molar-refractivity contribution in [3.63, 3.8) is 0 Å². The molecule has 1 heterocycles. The highest BCUT2D eigenvalue weighted by Gasteiger charge is 2.13. The van der Waals surface area contributed by atoms with Gasteiger partial charge < -0.3 is 4.74 Å². The van der Waals surface area contributed by atoms with Crippen LogP contribution in [-0.4, -0.2) is 28.5 Å². The number of benzene rings is 1. The lowest BCUT2D eigenvalue weighted by Crippen LogP contribution is -2.25. The Labute approximate surface area is 130 Å². The summed E-state index contributed by atoms with van der Waals surface area (Å²) in [4.78, 5) is 17.2. The van der Waals surface area contributed by atoms with Crippen LogP contribution in [0.3, 0.4) is 0 Å². The average Bonchev–Trinajstić information content (AvgIpc) is 2.39. The molecule has 0 bridgehead atoms. The van der Waals surface area contributed by atoms with E-state index in [1.807, 2.05) is 18.2 Å². The zero-order valence-corrected chi connectivity index (χ0v) is 14.1. The molecule has 0 saturated heterocycles. The Balaban J connectivity index is 2.62. The number of aromatic nitrogens is 2. The molecule has 0 radical (unpaired) electrons. The molecule has 2 rings (SSSR count). The van der Waals surface area contributed by atoms with Crippen molar-refractivity contribution in [1.29, 1.82) is 0 Å². The number of thioether (sulfide) groups is 1. The van der Waals surface area contributed by atoms with E-state index in [-0.39, 0.29) is 5.56 Å². The summed E-state index contributed by atoms with van der Waals surface area (Å²) in [6.07, 6.45) is 0. The van der Waals surface area contributed by atoms with Crippen molar-refractivity contribution < 1.29 is 4.74 Å². The summed E-state index contributed by atoms with van der Waals surface area (Å²) in [7, 11) is 1.63. The number of rotatable bonds is 5. The number of hydrogen-bond donors (Lipinski definition) is 0. The van der Waals surface area contributed by atoms with Gasteiger partial charge >= 0.3 is 0 Å². The molecule has 2 aromatic rings. The predicted molar refractivity (Wildman–Crippen MR) is 86.6 cm³/mol. The minimum Gasteiger partial charge on any atom is -0.383 e. The van der Waals surface area contributed by atoms with Crippen LogP contribution in [0.5, 0.6) is 0 Å². The Kier molecular flexibility index (Phi) is 5.23. The first-order chi connectivity index (χ1) is 9.52. The number of ether oxygens (including phenoxy) is 1. The van der Waals surface area contributed by atoms with Crippen LogP contribution in [0.1, 0.15) is 13.8 Å². The molecule has 0 saturated carbocycles. The average molecular weight is 357 g/mol. The zero-order chi connectivity index (χ0) is 14.7. The van der Waals surface area contributed by atoms with E-state index in [0.29, 0.717) is 23.8 Å². The summed E-state index contributed by atoms with van der Waals surface area (Å²) in [5, 5.41) is 1.74. The molecule has 0 aliphatic heterocycles. The summed E-state index contributed by atoms with van der Waals surface area (Å²) >= 11 is 4.99. The molecular formula is C14H17BrN2O2S. The third-order valence-electron chi connectivity index (χ3n) is 2.74. The van der Waals surface area contributed by atoms with E-state index in [1.165, 1.54) is 0 Å². The summed E-state index contributed by atoms with van der Waals surface area (Å²) in [5.74, 6) is 0. The minimum absolute atomic E-state index is 0.0171. The van der Waals surface area contributed by atoms with E-state index >= 15 is 0 Å². The molecule has 0 fully saturated rings. The van der Waals surface area contributed by atoms with Gasteiger partial charge in [0.1, 0.15) is 0 Å². The minimum atomic E-state index is -0.0171. The van der Waals surface area contributed by atoms with Gasteiger partial charge in [0.15, 0.2) is 5.16 Å². The van der Waals surface area contributed by atoms with Crippen molar-refractivity contribution >= 4 is 38.6 Å². The molecule has 0 atom stereocenters. The molecule has 6 heteroatoms. The van der Waals surface area contributed by atoms with Gasteiger partial charge in [-0.15, -0.1) is 0 Å². The lowest BCUT2D eigenvalue weighted by molar-refractivity contribution is 0.183. The van der Waals surface area contributed by atoms with Gasteiger partial charge in [0.25, 0.3) is 5.56 Å². The molecule has 4 nitrogen and oxygen atoms in total. The largest absolute Gasteiger partial charge is 0.383 e. The number of halogens is 1. The van der Waals surface area contributed by atoms with E-state index in [4.69, 9.17) is 4.74 Å². The van der Waals surface area contributed by atoms with Crippen LogP contribution in [0.2, 0.25) is 0 Å². The van der Waals surface area contributed by atoms with E-state index in [9.17, 15) is 4.79 Å². The van der Waals surface area contributed by atoms with Crippen LogP contribution >= 0.6 is 27.7 Å². The first kappa shape index (κ1) is 15.5. The maximum absolute atomic E-state index is 12.6. The van der Waals surface area contributed by atoms with Crippen LogP contribution in [0.15, 0.2) is 32.6 Å². The summed E-state index contributed by atoms with van der Waals surface area (Å²) in [6.45, 7) is 5.18. The van der Waals surface area contributed by atoms with Gasteiger partial charge in [-0.25, -0.2) is 4.98 Å². The molecule has 0 aliphatic rings. The maximum Gasteiger partial charge on any atom is 0.262 e. The third kappa shape index (κ3) is 3.42. The second-order valence-corrected chi connectivity index (χ2v) is 7.13. The lowest BCUT2D eigenvalue weighted by atomic mass is 10.2. The Morgan fingerprint density at radius 3 is 2.85 bits per heavy atom. The van der Waals surface area contributed by atoms with Gasteiger partial charge in [-0.3, -0.25) is 9.36 Å². The van der Waals surface area contributed by atoms with Crippen molar-refractivity contribution in [3.8, 4) is 0 Å². The summed E-state index contributed by atoms with van der Waals surface area (Å²) in [6, 6.07) is 5.59. The molecule has 0 amide bonds. The van der Waals surface area contributed by atoms with Crippen LogP contribution in [0.25, 0.3) is 10.9 Å². The van der Waals surface area contributed by atoms with Crippen molar-refractivity contribution in [2.75, 3.05) is 13.7 Å². The van der Waals surface area contributed by atoms with Crippen LogP contribution in [-0.2, 0) is 11.3 Å². The van der Waals surface area contributed by atoms with Gasteiger partial charge in [-0.1, -0.05) is 41.5 Å². The van der Waals surface area contributed by atoms with E-state index in [1.54, 1.807) is 23.4 Å². The number of nitrogens with zero attached hydrogens (tertiary/aromatic N) is 2.